The fraction of sp³-hybridized carbons (Fsp3) is 0.160. The molecular formula is C25H22Cl3N7O2+2. The van der Waals surface area contributed by atoms with Crippen molar-refractivity contribution in [2.45, 2.75) is 6.92 Å². The molecule has 0 spiro atoms. The molecule has 0 saturated carbocycles. The molecule has 0 fully saturated rings. The van der Waals surface area contributed by atoms with Gasteiger partial charge in [0.05, 0.1) is 29.4 Å². The third-order valence-electron chi connectivity index (χ3n) is 5.79. The molecule has 0 atom stereocenters. The van der Waals surface area contributed by atoms with Crippen molar-refractivity contribution in [1.82, 2.24) is 24.7 Å². The lowest BCUT2D eigenvalue weighted by atomic mass is 10.3. The second kappa shape index (κ2) is 10.0. The van der Waals surface area contributed by atoms with Crippen LogP contribution in [0, 0.1) is 6.92 Å². The Morgan fingerprint density at radius 1 is 0.865 bits per heavy atom. The van der Waals surface area contributed by atoms with E-state index < -0.39 is 0 Å². The first-order valence-electron chi connectivity index (χ1n) is 11.1. The summed E-state index contributed by atoms with van der Waals surface area (Å²) < 4.78 is 14.8. The molecule has 0 aliphatic carbocycles. The average molecular weight is 559 g/mol. The van der Waals surface area contributed by atoms with E-state index in [-0.39, 0.29) is 0 Å². The van der Waals surface area contributed by atoms with Crippen molar-refractivity contribution < 1.29 is 19.0 Å². The van der Waals surface area contributed by atoms with Crippen molar-refractivity contribution in [2.75, 3.05) is 14.2 Å². The lowest BCUT2D eigenvalue weighted by Gasteiger charge is -2.08. The number of hydrogen-bond acceptors (Lipinski definition) is 5. The van der Waals surface area contributed by atoms with Crippen LogP contribution in [0.2, 0.25) is 15.1 Å². The van der Waals surface area contributed by atoms with Gasteiger partial charge in [0.25, 0.3) is 0 Å². The van der Waals surface area contributed by atoms with Gasteiger partial charge in [0.1, 0.15) is 12.7 Å². The smallest absolute Gasteiger partial charge is 0.404 e. The summed E-state index contributed by atoms with van der Waals surface area (Å²) in [5.74, 6) is 2.63. The zero-order valence-electron chi connectivity index (χ0n) is 20.4. The van der Waals surface area contributed by atoms with Gasteiger partial charge in [0.2, 0.25) is 5.69 Å². The van der Waals surface area contributed by atoms with E-state index in [1.165, 1.54) is 0 Å². The van der Waals surface area contributed by atoms with Crippen LogP contribution in [0.5, 0.6) is 11.5 Å². The lowest BCUT2D eigenvalue weighted by molar-refractivity contribution is -0.750. The third kappa shape index (κ3) is 4.39. The number of benzene rings is 3. The minimum Gasteiger partial charge on any atom is -0.494 e. The fourth-order valence-electron chi connectivity index (χ4n) is 3.97. The standard InChI is InChI=1S/C25H22Cl3N7O2/c1-15-29-25(33(32(15)2)23-17(27)13-16(26)14-18(23)28)24-30-34(19-9-5-7-11-21(19)36-3)35(31-24)20-10-6-8-12-22(20)37-4/h5-14H,1-4H3/q+2. The normalized spacial score (nSPS) is 11.1. The van der Waals surface area contributed by atoms with Gasteiger partial charge in [0, 0.05) is 21.8 Å². The molecular weight excluding hydrogens is 537 g/mol. The van der Waals surface area contributed by atoms with Crippen LogP contribution in [0.3, 0.4) is 0 Å². The number of aryl methyl sites for hydroxylation is 1. The largest absolute Gasteiger partial charge is 0.494 e. The Morgan fingerprint density at radius 3 is 2.16 bits per heavy atom. The van der Waals surface area contributed by atoms with Gasteiger partial charge >= 0.3 is 17.5 Å². The number of aromatic nitrogens is 7. The van der Waals surface area contributed by atoms with Crippen LogP contribution in [0.15, 0.2) is 60.7 Å². The second-order valence-corrected chi connectivity index (χ2v) is 9.23. The molecule has 0 amide bonds. The summed E-state index contributed by atoms with van der Waals surface area (Å²) in [5.41, 5.74) is 1.83. The molecule has 0 aliphatic rings. The van der Waals surface area contributed by atoms with Gasteiger partial charge in [-0.05, 0) is 46.2 Å². The summed E-state index contributed by atoms with van der Waals surface area (Å²) in [6.45, 7) is 1.86. The third-order valence-corrected chi connectivity index (χ3v) is 6.58. The SMILES string of the molecule is COc1ccccc1-n1nc(-c2nc(C)[n+](C)n2-c2c(Cl)cc(Cl)cc2Cl)n[n+]1-c1ccccc1OC. The summed E-state index contributed by atoms with van der Waals surface area (Å²) in [4.78, 5) is 8.01. The highest BCUT2D eigenvalue weighted by Crippen LogP contribution is 2.33. The number of para-hydroxylation sites is 4. The molecule has 2 aromatic heterocycles. The predicted molar refractivity (Wildman–Crippen MR) is 139 cm³/mol. The van der Waals surface area contributed by atoms with Gasteiger partial charge in [-0.25, -0.2) is 0 Å². The predicted octanol–water partition coefficient (Wildman–Crippen LogP) is 4.51. The van der Waals surface area contributed by atoms with Crippen molar-refractivity contribution in [2.24, 2.45) is 7.05 Å². The van der Waals surface area contributed by atoms with Crippen LogP contribution >= 0.6 is 34.8 Å². The van der Waals surface area contributed by atoms with Gasteiger partial charge in [-0.1, -0.05) is 59.1 Å². The minimum atomic E-state index is 0.308. The molecule has 37 heavy (non-hydrogen) atoms. The Hall–Kier alpha value is -3.66. The summed E-state index contributed by atoms with van der Waals surface area (Å²) in [6, 6.07) is 18.3. The monoisotopic (exact) mass is 557 g/mol. The number of nitrogens with zero attached hydrogens (tertiary/aromatic N) is 7. The van der Waals surface area contributed by atoms with Gasteiger partial charge < -0.3 is 9.47 Å². The number of ether oxygens (including phenoxy) is 2. The molecule has 5 aromatic rings. The molecule has 188 valence electrons. The minimum absolute atomic E-state index is 0.308. The molecule has 2 heterocycles. The highest BCUT2D eigenvalue weighted by molar-refractivity contribution is 6.40. The first kappa shape index (κ1) is 25.0. The molecule has 5 rings (SSSR count). The Kier molecular flexibility index (Phi) is 6.76. The molecule has 0 aliphatic heterocycles. The maximum Gasteiger partial charge on any atom is 0.404 e. The van der Waals surface area contributed by atoms with E-state index in [2.05, 4.69) is 0 Å². The molecule has 9 nitrogen and oxygen atoms in total. The molecule has 0 N–H and O–H groups in total. The Bertz CT molecular complexity index is 1540. The van der Waals surface area contributed by atoms with E-state index in [1.54, 1.807) is 40.6 Å². The number of methoxy groups -OCH3 is 2. The molecule has 0 saturated heterocycles. The zero-order chi connectivity index (χ0) is 26.3. The van der Waals surface area contributed by atoms with Gasteiger partial charge in [-0.3, -0.25) is 0 Å². The molecule has 0 unspecified atom stereocenters. The molecule has 0 radical (unpaired) electrons. The quantitative estimate of drug-likeness (QED) is 0.287. The van der Waals surface area contributed by atoms with E-state index in [0.29, 0.717) is 61.1 Å². The topological polar surface area (TPSA) is 74.8 Å². The van der Waals surface area contributed by atoms with Gasteiger partial charge in [-0.15, -0.1) is 4.68 Å². The van der Waals surface area contributed by atoms with Crippen LogP contribution in [0.25, 0.3) is 28.7 Å². The first-order valence-corrected chi connectivity index (χ1v) is 12.2. The average Bonchev–Trinajstić information content (AvgIpc) is 3.45. The van der Waals surface area contributed by atoms with Crippen molar-refractivity contribution in [3.05, 3.63) is 81.6 Å². The number of rotatable bonds is 6. The summed E-state index contributed by atoms with van der Waals surface area (Å²) >= 11 is 19.4. The van der Waals surface area contributed by atoms with E-state index in [9.17, 15) is 0 Å². The highest BCUT2D eigenvalue weighted by atomic mass is 35.5. The number of hydrogen-bond donors (Lipinski definition) is 0. The van der Waals surface area contributed by atoms with E-state index in [1.807, 2.05) is 67.2 Å². The zero-order valence-corrected chi connectivity index (χ0v) is 22.6. The Balaban J connectivity index is 1.82. The highest BCUT2D eigenvalue weighted by Gasteiger charge is 2.37. The number of halogens is 3. The lowest BCUT2D eigenvalue weighted by Crippen LogP contribution is -2.43. The number of tetrazole rings is 1. The molecule has 0 bridgehead atoms. The maximum absolute atomic E-state index is 6.60. The van der Waals surface area contributed by atoms with Crippen molar-refractivity contribution in [3.63, 3.8) is 0 Å². The fourth-order valence-corrected chi connectivity index (χ4v) is 4.95. The van der Waals surface area contributed by atoms with Gasteiger partial charge in [0.15, 0.2) is 17.2 Å². The van der Waals surface area contributed by atoms with Crippen LogP contribution in [-0.4, -0.2) is 38.9 Å². The van der Waals surface area contributed by atoms with E-state index >= 15 is 0 Å². The molecule has 12 heteroatoms. The van der Waals surface area contributed by atoms with Crippen LogP contribution in [0.1, 0.15) is 5.82 Å². The summed E-state index contributed by atoms with van der Waals surface area (Å²) in [5, 5.41) is 10.8. The summed E-state index contributed by atoms with van der Waals surface area (Å²) in [6.07, 6.45) is 0. The van der Waals surface area contributed by atoms with Crippen molar-refractivity contribution >= 4 is 34.8 Å². The second-order valence-electron chi connectivity index (χ2n) is 7.98. The summed E-state index contributed by atoms with van der Waals surface area (Å²) in [7, 11) is 5.05. The Labute approximate surface area is 227 Å². The van der Waals surface area contributed by atoms with E-state index in [4.69, 9.17) is 59.5 Å². The van der Waals surface area contributed by atoms with Crippen LogP contribution < -0.4 is 19.0 Å². The van der Waals surface area contributed by atoms with E-state index in [0.717, 1.165) is 0 Å². The molecule has 3 aromatic carbocycles. The van der Waals surface area contributed by atoms with Crippen molar-refractivity contribution in [3.8, 4) is 40.2 Å². The van der Waals surface area contributed by atoms with Crippen LogP contribution in [-0.2, 0) is 7.05 Å². The Morgan fingerprint density at radius 2 is 1.49 bits per heavy atom. The van der Waals surface area contributed by atoms with Crippen molar-refractivity contribution in [1.29, 1.82) is 0 Å². The first-order chi connectivity index (χ1) is 17.8. The maximum atomic E-state index is 6.60. The van der Waals surface area contributed by atoms with Gasteiger partial charge in [-0.2, -0.15) is 4.68 Å². The van der Waals surface area contributed by atoms with Crippen LogP contribution in [0.4, 0.5) is 0 Å².